The summed E-state index contributed by atoms with van der Waals surface area (Å²) in [6.45, 7) is 3.44. The Kier molecular flexibility index (Phi) is 43.0. The lowest BCUT2D eigenvalue weighted by Crippen LogP contribution is -2.60. The SMILES string of the molecule is CCCCCCCC/C=C/CC/C=C/CC/C=C/CCCC(O)C(O)C(COC1OC(CO)C(O)C(O)C1O)NC(=O)C(O)CCCCCCCCCCCCCCCCCCCCCCC. The predicted molar refractivity (Wildman–Crippen MR) is 275 cm³/mol. The molecule has 8 N–H and O–H groups in total. The molecule has 0 bridgehead atoms. The molecule has 0 saturated carbocycles. The zero-order valence-corrected chi connectivity index (χ0v) is 42.9. The summed E-state index contributed by atoms with van der Waals surface area (Å²) in [7, 11) is 0. The molecule has 9 unspecified atom stereocenters. The Labute approximate surface area is 409 Å². The Morgan fingerprint density at radius 1 is 0.507 bits per heavy atom. The number of rotatable bonds is 47. The van der Waals surface area contributed by atoms with E-state index in [2.05, 4.69) is 55.6 Å². The van der Waals surface area contributed by atoms with E-state index in [1.807, 2.05) is 0 Å². The third-order valence-corrected chi connectivity index (χ3v) is 13.4. The molecule has 11 nitrogen and oxygen atoms in total. The maximum Gasteiger partial charge on any atom is 0.249 e. The van der Waals surface area contributed by atoms with Crippen LogP contribution in [0.3, 0.4) is 0 Å². The Hall–Kier alpha value is -1.67. The van der Waals surface area contributed by atoms with Crippen molar-refractivity contribution in [3.8, 4) is 0 Å². The largest absolute Gasteiger partial charge is 0.394 e. The first-order valence-corrected chi connectivity index (χ1v) is 27.9. The molecule has 0 spiro atoms. The van der Waals surface area contributed by atoms with E-state index in [1.165, 1.54) is 154 Å². The van der Waals surface area contributed by atoms with E-state index >= 15 is 0 Å². The van der Waals surface area contributed by atoms with E-state index in [4.69, 9.17) is 9.47 Å². The van der Waals surface area contributed by atoms with Crippen LogP contribution in [0, 0.1) is 0 Å². The highest BCUT2D eigenvalue weighted by Crippen LogP contribution is 2.23. The number of amides is 1. The van der Waals surface area contributed by atoms with Gasteiger partial charge in [-0.25, -0.2) is 0 Å². The summed E-state index contributed by atoms with van der Waals surface area (Å²) in [5.41, 5.74) is 0. The van der Waals surface area contributed by atoms with Gasteiger partial charge in [0.05, 0.1) is 25.4 Å². The predicted octanol–water partition coefficient (Wildman–Crippen LogP) is 11.1. The number of carbonyl (C=O) groups is 1. The van der Waals surface area contributed by atoms with Crippen LogP contribution in [0.15, 0.2) is 36.5 Å². The van der Waals surface area contributed by atoms with E-state index in [-0.39, 0.29) is 12.8 Å². The molecular weight excluding hydrogens is 847 g/mol. The number of carbonyl (C=O) groups excluding carboxylic acids is 1. The van der Waals surface area contributed by atoms with E-state index in [9.17, 15) is 40.5 Å². The first-order valence-electron chi connectivity index (χ1n) is 27.9. The molecule has 67 heavy (non-hydrogen) atoms. The number of aliphatic hydroxyl groups excluding tert-OH is 7. The first kappa shape index (κ1) is 63.3. The molecule has 1 amide bonds. The van der Waals surface area contributed by atoms with Gasteiger partial charge in [-0.3, -0.25) is 4.79 Å². The lowest BCUT2D eigenvalue weighted by Gasteiger charge is -2.40. The molecule has 1 aliphatic rings. The van der Waals surface area contributed by atoms with Crippen molar-refractivity contribution in [3.63, 3.8) is 0 Å². The van der Waals surface area contributed by atoms with Crippen LogP contribution >= 0.6 is 0 Å². The zero-order valence-electron chi connectivity index (χ0n) is 42.9. The second-order valence-corrected chi connectivity index (χ2v) is 19.6. The van der Waals surface area contributed by atoms with E-state index < -0.39 is 74.2 Å². The van der Waals surface area contributed by atoms with Crippen molar-refractivity contribution in [2.75, 3.05) is 13.2 Å². The van der Waals surface area contributed by atoms with E-state index in [0.29, 0.717) is 19.3 Å². The van der Waals surface area contributed by atoms with Crippen molar-refractivity contribution < 1.29 is 50.0 Å². The van der Waals surface area contributed by atoms with E-state index in [0.717, 1.165) is 44.9 Å². The monoisotopic (exact) mass is 952 g/mol. The van der Waals surface area contributed by atoms with Gasteiger partial charge in [-0.05, 0) is 64.2 Å². The Morgan fingerprint density at radius 2 is 0.896 bits per heavy atom. The van der Waals surface area contributed by atoms with Crippen LogP contribution in [0.4, 0.5) is 0 Å². The van der Waals surface area contributed by atoms with Gasteiger partial charge in [0.25, 0.3) is 0 Å². The van der Waals surface area contributed by atoms with Crippen LogP contribution in [0.2, 0.25) is 0 Å². The van der Waals surface area contributed by atoms with Gasteiger partial charge < -0.3 is 50.5 Å². The normalized spacial score (nSPS) is 20.9. The van der Waals surface area contributed by atoms with Crippen LogP contribution in [-0.4, -0.2) is 110 Å². The van der Waals surface area contributed by atoms with E-state index in [1.54, 1.807) is 0 Å². The summed E-state index contributed by atoms with van der Waals surface area (Å²) in [6, 6.07) is -1.19. The lowest BCUT2D eigenvalue weighted by atomic mass is 9.98. The third kappa shape index (κ3) is 34.3. The molecule has 9 atom stereocenters. The van der Waals surface area contributed by atoms with Crippen LogP contribution in [-0.2, 0) is 14.3 Å². The van der Waals surface area contributed by atoms with Crippen LogP contribution in [0.1, 0.15) is 245 Å². The van der Waals surface area contributed by atoms with Gasteiger partial charge in [-0.15, -0.1) is 0 Å². The van der Waals surface area contributed by atoms with Gasteiger partial charge >= 0.3 is 0 Å². The highest BCUT2D eigenvalue weighted by molar-refractivity contribution is 5.80. The van der Waals surface area contributed by atoms with Crippen LogP contribution in [0.25, 0.3) is 0 Å². The van der Waals surface area contributed by atoms with Crippen molar-refractivity contribution in [1.29, 1.82) is 0 Å². The maximum absolute atomic E-state index is 13.2. The average Bonchev–Trinajstić information content (AvgIpc) is 3.33. The van der Waals surface area contributed by atoms with Gasteiger partial charge in [0.1, 0.15) is 36.6 Å². The number of hydrogen-bond donors (Lipinski definition) is 8. The van der Waals surface area contributed by atoms with Gasteiger partial charge in [0, 0.05) is 0 Å². The quantitative estimate of drug-likeness (QED) is 0.0215. The number of nitrogens with one attached hydrogen (secondary N) is 1. The average molecular weight is 952 g/mol. The minimum Gasteiger partial charge on any atom is -0.394 e. The van der Waals surface area contributed by atoms with Gasteiger partial charge in [-0.2, -0.15) is 0 Å². The molecule has 0 radical (unpaired) electrons. The second-order valence-electron chi connectivity index (χ2n) is 19.6. The number of aliphatic hydroxyl groups is 7. The molecule has 394 valence electrons. The Morgan fingerprint density at radius 3 is 1.33 bits per heavy atom. The summed E-state index contributed by atoms with van der Waals surface area (Å²) >= 11 is 0. The first-order chi connectivity index (χ1) is 32.7. The van der Waals surface area contributed by atoms with Crippen molar-refractivity contribution in [3.05, 3.63) is 36.5 Å². The molecule has 1 saturated heterocycles. The van der Waals surface area contributed by atoms with Crippen molar-refractivity contribution >= 4 is 5.91 Å². The fourth-order valence-electron chi connectivity index (χ4n) is 8.83. The Balaban J connectivity index is 2.37. The summed E-state index contributed by atoms with van der Waals surface area (Å²) in [4.78, 5) is 13.2. The zero-order chi connectivity index (χ0) is 49.0. The maximum atomic E-state index is 13.2. The molecular formula is C56H105NO10. The molecule has 0 aromatic carbocycles. The van der Waals surface area contributed by atoms with Gasteiger partial charge in [-0.1, -0.05) is 217 Å². The molecule has 1 fully saturated rings. The molecule has 0 aliphatic carbocycles. The summed E-state index contributed by atoms with van der Waals surface area (Å²) in [5.74, 6) is -0.709. The molecule has 0 aromatic rings. The number of unbranched alkanes of at least 4 members (excludes halogenated alkanes) is 29. The smallest absolute Gasteiger partial charge is 0.249 e. The third-order valence-electron chi connectivity index (χ3n) is 13.4. The van der Waals surface area contributed by atoms with Crippen molar-refractivity contribution in [2.45, 2.75) is 300 Å². The summed E-state index contributed by atoms with van der Waals surface area (Å²) < 4.78 is 11.1. The molecule has 1 rings (SSSR count). The van der Waals surface area contributed by atoms with Crippen molar-refractivity contribution in [2.24, 2.45) is 0 Å². The van der Waals surface area contributed by atoms with Crippen LogP contribution < -0.4 is 5.32 Å². The number of allylic oxidation sites excluding steroid dienone is 6. The highest BCUT2D eigenvalue weighted by Gasteiger charge is 2.44. The molecule has 1 aliphatic heterocycles. The number of ether oxygens (including phenoxy) is 2. The minimum atomic E-state index is -1.67. The van der Waals surface area contributed by atoms with Crippen molar-refractivity contribution in [1.82, 2.24) is 5.32 Å². The fraction of sp³-hybridized carbons (Fsp3) is 0.875. The lowest BCUT2D eigenvalue weighted by molar-refractivity contribution is -0.303. The molecule has 0 aromatic heterocycles. The van der Waals surface area contributed by atoms with Crippen LogP contribution in [0.5, 0.6) is 0 Å². The Bertz CT molecular complexity index is 1180. The topological polar surface area (TPSA) is 189 Å². The highest BCUT2D eigenvalue weighted by atomic mass is 16.7. The summed E-state index contributed by atoms with van der Waals surface area (Å²) in [5, 5.41) is 76.0. The summed E-state index contributed by atoms with van der Waals surface area (Å²) in [6.07, 6.45) is 43.3. The number of hydrogen-bond acceptors (Lipinski definition) is 10. The standard InChI is InChI=1S/C56H105NO10/c1-3-5-7-9-11-13-15-17-19-21-23-24-26-28-30-32-34-36-38-40-42-44-49(60)55(65)57-47(46-66-56-54(64)53(63)52(62)50(45-58)67-56)51(61)48(59)43-41-39-37-35-33-31-29-27-25-22-20-18-16-14-12-10-8-6-4-2/h18,20,27,29,35,37,47-54,56,58-64H,3-17,19,21-26,28,30-34,36,38-46H2,1-2H3,(H,57,65)/b20-18+,29-27+,37-35+. The van der Waals surface area contributed by atoms with Gasteiger partial charge in [0.15, 0.2) is 6.29 Å². The van der Waals surface area contributed by atoms with Gasteiger partial charge in [0.2, 0.25) is 5.91 Å². The minimum absolute atomic E-state index is 0.242. The molecule has 1 heterocycles. The fourth-order valence-corrected chi connectivity index (χ4v) is 8.83. The molecule has 11 heteroatoms. The second kappa shape index (κ2) is 45.5.